The highest BCUT2D eigenvalue weighted by atomic mass is 16.4. The largest absolute Gasteiger partial charge is 0.478 e. The van der Waals surface area contributed by atoms with Crippen molar-refractivity contribution in [2.45, 2.75) is 0 Å². The fourth-order valence-electron chi connectivity index (χ4n) is 3.35. The summed E-state index contributed by atoms with van der Waals surface area (Å²) in [6.07, 6.45) is 0. The highest BCUT2D eigenvalue weighted by Crippen LogP contribution is 2.43. The van der Waals surface area contributed by atoms with Crippen molar-refractivity contribution in [2.75, 3.05) is 5.73 Å². The molecule has 0 fully saturated rings. The van der Waals surface area contributed by atoms with Crippen molar-refractivity contribution in [3.8, 4) is 22.5 Å². The second-order valence-corrected chi connectivity index (χ2v) is 6.28. The Morgan fingerprint density at radius 1 is 0.893 bits per heavy atom. The number of anilines is 1. The smallest absolute Gasteiger partial charge is 0.336 e. The summed E-state index contributed by atoms with van der Waals surface area (Å²) in [7, 11) is 0. The summed E-state index contributed by atoms with van der Waals surface area (Å²) in [4.78, 5) is 23.8. The minimum atomic E-state index is -1.24. The van der Waals surface area contributed by atoms with Crippen molar-refractivity contribution in [1.29, 1.82) is 5.41 Å². The van der Waals surface area contributed by atoms with Gasteiger partial charge in [-0.1, -0.05) is 6.07 Å². The van der Waals surface area contributed by atoms with Gasteiger partial charge in [-0.25, -0.2) is 9.59 Å². The molecule has 0 bridgehead atoms. The number of aromatic carboxylic acids is 2. The van der Waals surface area contributed by atoms with Gasteiger partial charge in [0.15, 0.2) is 0 Å². The molecular formula is C21H14N2O5. The minimum absolute atomic E-state index is 0.0794. The number of hydrogen-bond acceptors (Lipinski definition) is 5. The number of fused-ring (bicyclic) bond motifs is 2. The van der Waals surface area contributed by atoms with Crippen molar-refractivity contribution in [3.05, 3.63) is 71.1 Å². The van der Waals surface area contributed by atoms with Crippen LogP contribution in [0.2, 0.25) is 0 Å². The summed E-state index contributed by atoms with van der Waals surface area (Å²) in [6.45, 7) is 0. The average molecular weight is 374 g/mol. The molecule has 0 unspecified atom stereocenters. The Balaban J connectivity index is 2.28. The van der Waals surface area contributed by atoms with Crippen LogP contribution in [0, 0.1) is 5.41 Å². The Hall–Kier alpha value is -4.13. The van der Waals surface area contributed by atoms with E-state index in [-0.39, 0.29) is 22.0 Å². The quantitative estimate of drug-likeness (QED) is 0.319. The van der Waals surface area contributed by atoms with Crippen LogP contribution in [0.4, 0.5) is 5.69 Å². The molecule has 2 aromatic rings. The molecule has 0 spiro atoms. The molecule has 0 saturated heterocycles. The molecule has 0 radical (unpaired) electrons. The Bertz CT molecular complexity index is 1270. The third-order valence-corrected chi connectivity index (χ3v) is 4.52. The summed E-state index contributed by atoms with van der Waals surface area (Å²) in [5.74, 6) is -2.15. The number of nitrogens with two attached hydrogens (primary N) is 1. The summed E-state index contributed by atoms with van der Waals surface area (Å²) in [5.41, 5.74) is 7.38. The Morgan fingerprint density at radius 2 is 1.57 bits per heavy atom. The summed E-state index contributed by atoms with van der Waals surface area (Å²) in [6, 6.07) is 13.7. The van der Waals surface area contributed by atoms with E-state index in [4.69, 9.17) is 15.6 Å². The lowest BCUT2D eigenvalue weighted by Gasteiger charge is -2.18. The van der Waals surface area contributed by atoms with E-state index < -0.39 is 11.9 Å². The fourth-order valence-corrected chi connectivity index (χ4v) is 3.35. The van der Waals surface area contributed by atoms with E-state index >= 15 is 0 Å². The van der Waals surface area contributed by atoms with Crippen LogP contribution >= 0.6 is 0 Å². The Labute approximate surface area is 158 Å². The molecule has 5 N–H and O–H groups in total. The summed E-state index contributed by atoms with van der Waals surface area (Å²) in [5, 5.41) is 28.0. The van der Waals surface area contributed by atoms with Gasteiger partial charge in [0.2, 0.25) is 0 Å². The molecule has 28 heavy (non-hydrogen) atoms. The number of nitrogens with one attached hydrogen (secondary N) is 1. The molecule has 2 aromatic carbocycles. The van der Waals surface area contributed by atoms with E-state index in [1.54, 1.807) is 24.3 Å². The lowest BCUT2D eigenvalue weighted by atomic mass is 9.87. The normalized spacial score (nSPS) is 11.0. The van der Waals surface area contributed by atoms with Gasteiger partial charge >= 0.3 is 11.9 Å². The van der Waals surface area contributed by atoms with Gasteiger partial charge < -0.3 is 25.8 Å². The molecule has 0 aromatic heterocycles. The van der Waals surface area contributed by atoms with E-state index in [0.717, 1.165) is 0 Å². The number of carbonyl (C=O) groups is 2. The number of benzene rings is 3. The zero-order valence-corrected chi connectivity index (χ0v) is 14.4. The molecule has 1 aliphatic carbocycles. The van der Waals surface area contributed by atoms with Crippen molar-refractivity contribution in [3.63, 3.8) is 0 Å². The van der Waals surface area contributed by atoms with Crippen LogP contribution in [0.1, 0.15) is 20.7 Å². The first-order valence-electron chi connectivity index (χ1n) is 8.27. The second kappa shape index (κ2) is 6.24. The van der Waals surface area contributed by atoms with Crippen molar-refractivity contribution in [1.82, 2.24) is 0 Å². The lowest BCUT2D eigenvalue weighted by molar-refractivity contribution is 0.0696. The number of carboxylic acid groups (broad SMARTS) is 2. The Morgan fingerprint density at radius 3 is 2.21 bits per heavy atom. The maximum atomic E-state index is 11.9. The molecule has 0 atom stereocenters. The highest BCUT2D eigenvalue weighted by molar-refractivity contribution is 6.13. The van der Waals surface area contributed by atoms with Crippen molar-refractivity contribution >= 4 is 28.6 Å². The zero-order chi connectivity index (χ0) is 20.0. The molecule has 0 saturated carbocycles. The summed E-state index contributed by atoms with van der Waals surface area (Å²) >= 11 is 0. The molecule has 1 aliphatic heterocycles. The van der Waals surface area contributed by atoms with Gasteiger partial charge in [0.25, 0.3) is 0 Å². The molecule has 138 valence electrons. The molecule has 7 nitrogen and oxygen atoms in total. The first-order valence-corrected chi connectivity index (χ1v) is 8.27. The number of rotatable bonds is 3. The molecule has 4 rings (SSSR count). The van der Waals surface area contributed by atoms with E-state index in [1.807, 2.05) is 0 Å². The van der Waals surface area contributed by atoms with Crippen LogP contribution in [-0.4, -0.2) is 22.2 Å². The van der Waals surface area contributed by atoms with E-state index in [9.17, 15) is 19.8 Å². The van der Waals surface area contributed by atoms with Gasteiger partial charge in [0, 0.05) is 39.9 Å². The van der Waals surface area contributed by atoms with Gasteiger partial charge in [-0.05, 0) is 36.4 Å². The van der Waals surface area contributed by atoms with Gasteiger partial charge in [-0.15, -0.1) is 0 Å². The Kier molecular flexibility index (Phi) is 3.85. The molecule has 2 aliphatic rings. The van der Waals surface area contributed by atoms with E-state index in [1.165, 1.54) is 30.3 Å². The fraction of sp³-hybridized carbons (Fsp3) is 0. The summed E-state index contributed by atoms with van der Waals surface area (Å²) < 4.78 is 5.88. The standard InChI is InChI=1S/C21H14N2O5/c22-10-4-6-12-16(8-10)28-17-9-11(23)5-7-13(17)18(12)19-14(20(24)25)2-1-3-15(19)21(26)27/h1-9,22H,23H2,(H,24,25)(H,26,27). The van der Waals surface area contributed by atoms with Crippen molar-refractivity contribution in [2.24, 2.45) is 0 Å². The second-order valence-electron chi connectivity index (χ2n) is 6.28. The van der Waals surface area contributed by atoms with Crippen LogP contribution in [-0.2, 0) is 0 Å². The van der Waals surface area contributed by atoms with Crippen LogP contribution in [0.5, 0.6) is 0 Å². The monoisotopic (exact) mass is 374 g/mol. The van der Waals surface area contributed by atoms with E-state index in [2.05, 4.69) is 0 Å². The van der Waals surface area contributed by atoms with Crippen molar-refractivity contribution < 1.29 is 24.2 Å². The third kappa shape index (κ3) is 2.66. The number of hydrogen-bond donors (Lipinski definition) is 4. The van der Waals surface area contributed by atoms with E-state index in [0.29, 0.717) is 33.5 Å². The molecular weight excluding hydrogens is 360 g/mol. The number of carboxylic acids is 2. The third-order valence-electron chi connectivity index (χ3n) is 4.52. The average Bonchev–Trinajstić information content (AvgIpc) is 2.65. The van der Waals surface area contributed by atoms with Gasteiger partial charge in [0.1, 0.15) is 11.3 Å². The van der Waals surface area contributed by atoms with Crippen LogP contribution in [0.15, 0.2) is 59.0 Å². The van der Waals surface area contributed by atoms with Gasteiger partial charge in [0.05, 0.1) is 16.5 Å². The predicted octanol–water partition coefficient (Wildman–Crippen LogP) is 3.66. The van der Waals surface area contributed by atoms with Crippen LogP contribution in [0.25, 0.3) is 33.4 Å². The van der Waals surface area contributed by atoms with Crippen LogP contribution < -0.4 is 11.1 Å². The first-order chi connectivity index (χ1) is 13.4. The lowest BCUT2D eigenvalue weighted by Crippen LogP contribution is -2.09. The number of nitrogen functional groups attached to an aromatic ring is 1. The topological polar surface area (TPSA) is 138 Å². The maximum absolute atomic E-state index is 11.9. The zero-order valence-electron chi connectivity index (χ0n) is 14.4. The first kappa shape index (κ1) is 17.3. The maximum Gasteiger partial charge on any atom is 0.336 e. The van der Waals surface area contributed by atoms with Gasteiger partial charge in [-0.3, -0.25) is 0 Å². The molecule has 0 amide bonds. The molecule has 1 heterocycles. The molecule has 7 heteroatoms. The SMILES string of the molecule is N=c1ccc2c(-c3c(C(=O)O)cccc3C(=O)O)c3ccc(N)cc3oc-2c1. The van der Waals surface area contributed by atoms with Crippen LogP contribution in [0.3, 0.4) is 0 Å². The predicted molar refractivity (Wildman–Crippen MR) is 102 cm³/mol. The highest BCUT2D eigenvalue weighted by Gasteiger charge is 2.26. The van der Waals surface area contributed by atoms with Gasteiger partial charge in [-0.2, -0.15) is 0 Å². The minimum Gasteiger partial charge on any atom is -0.478 e.